The number of hydrogen-bond donors (Lipinski definition) is 3. The number of aliphatic carboxylic acids is 2. The molecule has 0 radical (unpaired) electrons. The fourth-order valence-corrected chi connectivity index (χ4v) is 1.47. The molecule has 0 spiro atoms. The summed E-state index contributed by atoms with van der Waals surface area (Å²) in [5, 5.41) is 26.5. The second kappa shape index (κ2) is 3.89. The molecule has 16 heavy (non-hydrogen) atoms. The van der Waals surface area contributed by atoms with Crippen LogP contribution in [0.5, 0.6) is 0 Å². The van der Waals surface area contributed by atoms with Crippen LogP contribution in [0.15, 0.2) is 0 Å². The van der Waals surface area contributed by atoms with E-state index in [1.165, 1.54) is 0 Å². The van der Waals surface area contributed by atoms with Crippen LogP contribution in [0.2, 0.25) is 0 Å². The van der Waals surface area contributed by atoms with Crippen LogP contribution >= 0.6 is 0 Å². The number of carboxylic acids is 2. The molecule has 1 heterocycles. The molecule has 0 aromatic heterocycles. The van der Waals surface area contributed by atoms with Gasteiger partial charge in [-0.05, 0) is 0 Å². The molecule has 0 aliphatic carbocycles. The molecule has 1 saturated heterocycles. The van der Waals surface area contributed by atoms with Gasteiger partial charge in [0.2, 0.25) is 5.91 Å². The number of amides is 2. The lowest BCUT2D eigenvalue weighted by atomic mass is 9.98. The highest BCUT2D eigenvalue weighted by atomic mass is 16.4. The third kappa shape index (κ3) is 2.16. The minimum absolute atomic E-state index is 0.339. The number of imide groups is 1. The molecular weight excluding hydrogens is 222 g/mol. The van der Waals surface area contributed by atoms with E-state index in [1.807, 2.05) is 0 Å². The number of carboxylic acid groups (broad SMARTS) is 2. The standard InChI is InChI=1S/C8H9NO7/c10-4-1-8(16,2-5(11)12)7(15)9(4)3-6(13)14/h16H,1-3H2,(H,11,12)(H,13,14). The number of carbonyl (C=O) groups excluding carboxylic acids is 2. The fraction of sp³-hybridized carbons (Fsp3) is 0.500. The zero-order valence-corrected chi connectivity index (χ0v) is 8.04. The Balaban J connectivity index is 2.88. The first kappa shape index (κ1) is 12.1. The SMILES string of the molecule is O=C(O)CN1C(=O)CC(O)(CC(=O)O)C1=O. The Morgan fingerprint density at radius 1 is 1.25 bits per heavy atom. The van der Waals surface area contributed by atoms with Gasteiger partial charge < -0.3 is 15.3 Å². The molecule has 1 unspecified atom stereocenters. The molecule has 8 heteroatoms. The molecule has 1 aliphatic rings. The third-order valence-corrected chi connectivity index (χ3v) is 2.13. The lowest BCUT2D eigenvalue weighted by Crippen LogP contribution is -2.43. The average Bonchev–Trinajstić information content (AvgIpc) is 2.27. The van der Waals surface area contributed by atoms with E-state index in [0.717, 1.165) is 0 Å². The molecular formula is C8H9NO7. The van der Waals surface area contributed by atoms with Gasteiger partial charge >= 0.3 is 11.9 Å². The van der Waals surface area contributed by atoms with E-state index in [1.54, 1.807) is 0 Å². The summed E-state index contributed by atoms with van der Waals surface area (Å²) in [4.78, 5) is 43.7. The van der Waals surface area contributed by atoms with Crippen molar-refractivity contribution in [3.8, 4) is 0 Å². The average molecular weight is 231 g/mol. The first-order chi connectivity index (χ1) is 7.26. The van der Waals surface area contributed by atoms with E-state index in [0.29, 0.717) is 4.90 Å². The van der Waals surface area contributed by atoms with Crippen LogP contribution in [0, 0.1) is 0 Å². The van der Waals surface area contributed by atoms with Crippen LogP contribution in [-0.4, -0.2) is 56.1 Å². The van der Waals surface area contributed by atoms with Gasteiger partial charge in [0.25, 0.3) is 5.91 Å². The van der Waals surface area contributed by atoms with Crippen molar-refractivity contribution in [1.82, 2.24) is 4.90 Å². The number of rotatable bonds is 4. The molecule has 88 valence electrons. The summed E-state index contributed by atoms with van der Waals surface area (Å²) in [5.74, 6) is -4.93. The summed E-state index contributed by atoms with van der Waals surface area (Å²) >= 11 is 0. The third-order valence-electron chi connectivity index (χ3n) is 2.13. The minimum atomic E-state index is -2.32. The van der Waals surface area contributed by atoms with Crippen LogP contribution in [0.25, 0.3) is 0 Å². The van der Waals surface area contributed by atoms with Crippen LogP contribution in [0.1, 0.15) is 12.8 Å². The van der Waals surface area contributed by atoms with E-state index in [9.17, 15) is 24.3 Å². The maximum absolute atomic E-state index is 11.4. The maximum Gasteiger partial charge on any atom is 0.323 e. The van der Waals surface area contributed by atoms with Crippen molar-refractivity contribution in [3.63, 3.8) is 0 Å². The second-order valence-electron chi connectivity index (χ2n) is 3.46. The Bertz CT molecular complexity index is 377. The molecule has 3 N–H and O–H groups in total. The predicted molar refractivity (Wildman–Crippen MR) is 46.2 cm³/mol. The van der Waals surface area contributed by atoms with Gasteiger partial charge in [-0.1, -0.05) is 0 Å². The molecule has 1 aliphatic heterocycles. The Hall–Kier alpha value is -1.96. The van der Waals surface area contributed by atoms with Crippen molar-refractivity contribution in [2.75, 3.05) is 6.54 Å². The Labute approximate surface area is 89.1 Å². The first-order valence-corrected chi connectivity index (χ1v) is 4.27. The molecule has 2 amide bonds. The van der Waals surface area contributed by atoms with Gasteiger partial charge in [0.1, 0.15) is 6.54 Å². The molecule has 1 fully saturated rings. The maximum atomic E-state index is 11.4. The van der Waals surface area contributed by atoms with Crippen molar-refractivity contribution in [3.05, 3.63) is 0 Å². The van der Waals surface area contributed by atoms with E-state index in [2.05, 4.69) is 0 Å². The smallest absolute Gasteiger partial charge is 0.323 e. The highest BCUT2D eigenvalue weighted by Gasteiger charge is 2.52. The lowest BCUT2D eigenvalue weighted by molar-refractivity contribution is -0.156. The molecule has 0 aromatic rings. The molecule has 0 bridgehead atoms. The summed E-state index contributed by atoms with van der Waals surface area (Å²) in [6.07, 6.45) is -1.63. The van der Waals surface area contributed by atoms with Gasteiger partial charge in [-0.3, -0.25) is 24.1 Å². The minimum Gasteiger partial charge on any atom is -0.481 e. The van der Waals surface area contributed by atoms with E-state index in [-0.39, 0.29) is 0 Å². The second-order valence-corrected chi connectivity index (χ2v) is 3.46. The lowest BCUT2D eigenvalue weighted by Gasteiger charge is -2.17. The van der Waals surface area contributed by atoms with Crippen molar-refractivity contribution < 1.29 is 34.5 Å². The summed E-state index contributed by atoms with van der Waals surface area (Å²) in [6, 6.07) is 0. The van der Waals surface area contributed by atoms with E-state index in [4.69, 9.17) is 10.2 Å². The normalized spacial score (nSPS) is 24.9. The quantitative estimate of drug-likeness (QED) is 0.478. The van der Waals surface area contributed by atoms with E-state index < -0.39 is 48.7 Å². The van der Waals surface area contributed by atoms with Crippen molar-refractivity contribution >= 4 is 23.8 Å². The van der Waals surface area contributed by atoms with Gasteiger partial charge in [0, 0.05) is 0 Å². The first-order valence-electron chi connectivity index (χ1n) is 4.27. The predicted octanol–water partition coefficient (Wildman–Crippen LogP) is -1.96. The van der Waals surface area contributed by atoms with Crippen LogP contribution < -0.4 is 0 Å². The zero-order valence-electron chi connectivity index (χ0n) is 8.04. The van der Waals surface area contributed by atoms with Gasteiger partial charge in [0.05, 0.1) is 12.8 Å². The number of likely N-dealkylation sites (tertiary alicyclic amines) is 1. The number of aliphatic hydroxyl groups is 1. The molecule has 0 saturated carbocycles. The molecule has 1 atom stereocenters. The van der Waals surface area contributed by atoms with Crippen molar-refractivity contribution in [2.24, 2.45) is 0 Å². The fourth-order valence-electron chi connectivity index (χ4n) is 1.47. The molecule has 1 rings (SSSR count). The van der Waals surface area contributed by atoms with Crippen molar-refractivity contribution in [2.45, 2.75) is 18.4 Å². The van der Waals surface area contributed by atoms with Crippen LogP contribution in [0.4, 0.5) is 0 Å². The Morgan fingerprint density at radius 2 is 1.81 bits per heavy atom. The zero-order chi connectivity index (χ0) is 12.5. The summed E-state index contributed by atoms with van der Waals surface area (Å²) in [5.41, 5.74) is -2.32. The van der Waals surface area contributed by atoms with Gasteiger partial charge in [-0.15, -0.1) is 0 Å². The molecule has 8 nitrogen and oxygen atoms in total. The van der Waals surface area contributed by atoms with Gasteiger partial charge in [-0.25, -0.2) is 0 Å². The van der Waals surface area contributed by atoms with E-state index >= 15 is 0 Å². The Kier molecular flexibility index (Phi) is 2.95. The van der Waals surface area contributed by atoms with Gasteiger partial charge in [-0.2, -0.15) is 0 Å². The Morgan fingerprint density at radius 3 is 2.25 bits per heavy atom. The van der Waals surface area contributed by atoms with Crippen LogP contribution in [0.3, 0.4) is 0 Å². The number of carbonyl (C=O) groups is 4. The largest absolute Gasteiger partial charge is 0.481 e. The summed E-state index contributed by atoms with van der Waals surface area (Å²) in [7, 11) is 0. The number of hydrogen-bond acceptors (Lipinski definition) is 5. The monoisotopic (exact) mass is 231 g/mol. The molecule has 0 aromatic carbocycles. The van der Waals surface area contributed by atoms with Crippen LogP contribution in [-0.2, 0) is 19.2 Å². The highest BCUT2D eigenvalue weighted by molar-refractivity contribution is 6.10. The van der Waals surface area contributed by atoms with Gasteiger partial charge in [0.15, 0.2) is 5.60 Å². The highest BCUT2D eigenvalue weighted by Crippen LogP contribution is 2.27. The topological polar surface area (TPSA) is 132 Å². The summed E-state index contributed by atoms with van der Waals surface area (Å²) in [6.45, 7) is -0.875. The summed E-state index contributed by atoms with van der Waals surface area (Å²) < 4.78 is 0. The van der Waals surface area contributed by atoms with Crippen molar-refractivity contribution in [1.29, 1.82) is 0 Å². The number of nitrogens with zero attached hydrogens (tertiary/aromatic N) is 1.